The summed E-state index contributed by atoms with van der Waals surface area (Å²) in [6.45, 7) is 0.00350. The van der Waals surface area contributed by atoms with Crippen molar-refractivity contribution in [3.8, 4) is 5.75 Å². The second-order valence-electron chi connectivity index (χ2n) is 4.12. The zero-order valence-electron chi connectivity index (χ0n) is 10.2. The third-order valence-electron chi connectivity index (χ3n) is 2.60. The molecule has 7 heteroatoms. The fourth-order valence-corrected chi connectivity index (χ4v) is 1.84. The third-order valence-corrected chi connectivity index (χ3v) is 2.95. The molecule has 20 heavy (non-hydrogen) atoms. The van der Waals surface area contributed by atoms with Gasteiger partial charge in [0.25, 0.3) is 0 Å². The topological polar surface area (TPSA) is 49.7 Å². The van der Waals surface area contributed by atoms with Gasteiger partial charge >= 0.3 is 7.12 Å². The molecule has 0 saturated carbocycles. The molecule has 0 bridgehead atoms. The first-order chi connectivity index (χ1) is 9.45. The van der Waals surface area contributed by atoms with Gasteiger partial charge in [0.15, 0.2) is 0 Å². The van der Waals surface area contributed by atoms with Gasteiger partial charge < -0.3 is 14.8 Å². The maximum Gasteiger partial charge on any atom is 0.488 e. The van der Waals surface area contributed by atoms with E-state index in [2.05, 4.69) is 0 Å². The van der Waals surface area contributed by atoms with Gasteiger partial charge in [-0.05, 0) is 29.7 Å². The maximum absolute atomic E-state index is 13.3. The SMILES string of the molecule is OB(O)c1cc(F)cc(OCc2ccc(F)cc2Cl)c1. The molecule has 0 fully saturated rings. The molecule has 0 atom stereocenters. The Bertz CT molecular complexity index is 623. The minimum atomic E-state index is -1.79. The first kappa shape index (κ1) is 14.8. The summed E-state index contributed by atoms with van der Waals surface area (Å²) in [5.41, 5.74) is 0.508. The van der Waals surface area contributed by atoms with E-state index < -0.39 is 18.8 Å². The van der Waals surface area contributed by atoms with Crippen molar-refractivity contribution in [2.45, 2.75) is 6.61 Å². The lowest BCUT2D eigenvalue weighted by Gasteiger charge is -2.09. The summed E-state index contributed by atoms with van der Waals surface area (Å²) < 4.78 is 31.5. The van der Waals surface area contributed by atoms with E-state index in [1.54, 1.807) is 0 Å². The van der Waals surface area contributed by atoms with E-state index in [0.717, 1.165) is 18.2 Å². The first-order valence-electron chi connectivity index (χ1n) is 5.69. The average molecular weight is 298 g/mol. The first-order valence-corrected chi connectivity index (χ1v) is 6.07. The van der Waals surface area contributed by atoms with Gasteiger partial charge in [0.2, 0.25) is 0 Å². The standard InChI is InChI=1S/C13H10BClF2O3/c15-13-6-10(16)2-1-8(13)7-20-12-4-9(14(18)19)3-11(17)5-12/h1-6,18-19H,7H2. The lowest BCUT2D eigenvalue weighted by atomic mass is 9.80. The van der Waals surface area contributed by atoms with Crippen molar-refractivity contribution in [2.24, 2.45) is 0 Å². The second-order valence-corrected chi connectivity index (χ2v) is 4.53. The highest BCUT2D eigenvalue weighted by Gasteiger charge is 2.14. The molecule has 0 aliphatic heterocycles. The van der Waals surface area contributed by atoms with Crippen LogP contribution in [0.15, 0.2) is 36.4 Å². The van der Waals surface area contributed by atoms with Gasteiger partial charge in [-0.2, -0.15) is 0 Å². The van der Waals surface area contributed by atoms with Crippen LogP contribution in [0.5, 0.6) is 5.75 Å². The Morgan fingerprint density at radius 3 is 2.45 bits per heavy atom. The smallest absolute Gasteiger partial charge is 0.488 e. The molecule has 104 valence electrons. The number of benzene rings is 2. The largest absolute Gasteiger partial charge is 0.489 e. The lowest BCUT2D eigenvalue weighted by molar-refractivity contribution is 0.304. The minimum Gasteiger partial charge on any atom is -0.489 e. The van der Waals surface area contributed by atoms with Crippen LogP contribution in [-0.4, -0.2) is 17.2 Å². The van der Waals surface area contributed by atoms with Crippen molar-refractivity contribution in [2.75, 3.05) is 0 Å². The van der Waals surface area contributed by atoms with Crippen LogP contribution in [0.3, 0.4) is 0 Å². The van der Waals surface area contributed by atoms with Crippen LogP contribution in [0.1, 0.15) is 5.56 Å². The fourth-order valence-electron chi connectivity index (χ4n) is 1.62. The number of hydrogen-bond donors (Lipinski definition) is 2. The van der Waals surface area contributed by atoms with Gasteiger partial charge in [-0.3, -0.25) is 0 Å². The molecule has 0 unspecified atom stereocenters. The van der Waals surface area contributed by atoms with Crippen molar-refractivity contribution in [1.29, 1.82) is 0 Å². The van der Waals surface area contributed by atoms with Crippen LogP contribution in [0, 0.1) is 11.6 Å². The predicted molar refractivity (Wildman–Crippen MR) is 72.0 cm³/mol. The van der Waals surface area contributed by atoms with E-state index in [0.29, 0.717) is 5.56 Å². The molecular formula is C13H10BClF2O3. The summed E-state index contributed by atoms with van der Waals surface area (Å²) >= 11 is 5.83. The van der Waals surface area contributed by atoms with E-state index in [4.69, 9.17) is 26.4 Å². The molecule has 2 aromatic rings. The Labute approximate surface area is 119 Å². The fraction of sp³-hybridized carbons (Fsp3) is 0.0769. The Balaban J connectivity index is 2.14. The molecule has 0 aliphatic rings. The Kier molecular flexibility index (Phi) is 4.59. The monoisotopic (exact) mass is 298 g/mol. The van der Waals surface area contributed by atoms with Gasteiger partial charge in [-0.25, -0.2) is 8.78 Å². The molecule has 3 nitrogen and oxygen atoms in total. The quantitative estimate of drug-likeness (QED) is 0.847. The average Bonchev–Trinajstić information content (AvgIpc) is 2.37. The lowest BCUT2D eigenvalue weighted by Crippen LogP contribution is -2.30. The Morgan fingerprint density at radius 1 is 1.05 bits per heavy atom. The van der Waals surface area contributed by atoms with E-state index in [-0.39, 0.29) is 22.8 Å². The summed E-state index contributed by atoms with van der Waals surface area (Å²) in [6.07, 6.45) is 0. The van der Waals surface area contributed by atoms with Gasteiger partial charge in [-0.1, -0.05) is 17.7 Å². The number of rotatable bonds is 4. The molecule has 0 saturated heterocycles. The van der Waals surface area contributed by atoms with E-state index in [1.165, 1.54) is 18.2 Å². The van der Waals surface area contributed by atoms with Crippen LogP contribution < -0.4 is 10.2 Å². The Morgan fingerprint density at radius 2 is 1.80 bits per heavy atom. The summed E-state index contributed by atoms with van der Waals surface area (Å²) in [5, 5.41) is 18.2. The minimum absolute atomic E-state index is 0.00350. The molecule has 0 spiro atoms. The number of hydrogen-bond acceptors (Lipinski definition) is 3. The van der Waals surface area contributed by atoms with Crippen molar-refractivity contribution < 1.29 is 23.6 Å². The molecule has 2 aromatic carbocycles. The maximum atomic E-state index is 13.3. The van der Waals surface area contributed by atoms with Crippen molar-refractivity contribution in [1.82, 2.24) is 0 Å². The van der Waals surface area contributed by atoms with E-state index >= 15 is 0 Å². The Hall–Kier alpha value is -1.63. The van der Waals surface area contributed by atoms with Gasteiger partial charge in [0.1, 0.15) is 24.0 Å². The van der Waals surface area contributed by atoms with E-state index in [9.17, 15) is 8.78 Å². The molecular weight excluding hydrogens is 288 g/mol. The highest BCUT2D eigenvalue weighted by molar-refractivity contribution is 6.58. The van der Waals surface area contributed by atoms with Gasteiger partial charge in [0.05, 0.1) is 5.02 Å². The van der Waals surface area contributed by atoms with Crippen molar-refractivity contribution in [3.05, 3.63) is 58.6 Å². The highest BCUT2D eigenvalue weighted by atomic mass is 35.5. The zero-order valence-corrected chi connectivity index (χ0v) is 10.9. The second kappa shape index (κ2) is 6.22. The molecule has 0 heterocycles. The van der Waals surface area contributed by atoms with Crippen LogP contribution in [-0.2, 0) is 6.61 Å². The number of ether oxygens (including phenoxy) is 1. The molecule has 2 rings (SSSR count). The van der Waals surface area contributed by atoms with Gasteiger partial charge in [0, 0.05) is 11.6 Å². The van der Waals surface area contributed by atoms with Crippen LogP contribution in [0.4, 0.5) is 8.78 Å². The molecule has 0 amide bonds. The highest BCUT2D eigenvalue weighted by Crippen LogP contribution is 2.20. The summed E-state index contributed by atoms with van der Waals surface area (Å²) in [6, 6.07) is 7.23. The van der Waals surface area contributed by atoms with Crippen molar-refractivity contribution in [3.63, 3.8) is 0 Å². The third kappa shape index (κ3) is 3.69. The summed E-state index contributed by atoms with van der Waals surface area (Å²) in [5.74, 6) is -1.00. The zero-order chi connectivity index (χ0) is 14.7. The van der Waals surface area contributed by atoms with Crippen molar-refractivity contribution >= 4 is 24.2 Å². The summed E-state index contributed by atoms with van der Waals surface area (Å²) in [7, 11) is -1.79. The predicted octanol–water partition coefficient (Wildman–Crippen LogP) is 1.88. The molecule has 2 N–H and O–H groups in total. The van der Waals surface area contributed by atoms with Gasteiger partial charge in [-0.15, -0.1) is 0 Å². The van der Waals surface area contributed by atoms with Crippen LogP contribution in [0.2, 0.25) is 5.02 Å². The molecule has 0 aliphatic carbocycles. The molecule has 0 aromatic heterocycles. The number of halogens is 3. The molecule has 0 radical (unpaired) electrons. The van der Waals surface area contributed by atoms with Crippen LogP contribution in [0.25, 0.3) is 0 Å². The summed E-state index contributed by atoms with van der Waals surface area (Å²) in [4.78, 5) is 0. The normalized spacial score (nSPS) is 10.4. The van der Waals surface area contributed by atoms with E-state index in [1.807, 2.05) is 0 Å². The van der Waals surface area contributed by atoms with Crippen LogP contribution >= 0.6 is 11.6 Å².